The van der Waals surface area contributed by atoms with E-state index in [0.29, 0.717) is 31.7 Å². The fourth-order valence-electron chi connectivity index (χ4n) is 2.64. The Hall–Kier alpha value is -2.87. The van der Waals surface area contributed by atoms with Crippen LogP contribution < -0.4 is 14.5 Å². The summed E-state index contributed by atoms with van der Waals surface area (Å²) in [5.74, 6) is 0.0327. The highest BCUT2D eigenvalue weighted by Crippen LogP contribution is 2.22. The molecule has 2 heterocycles. The molecule has 0 radical (unpaired) electrons. The molecule has 0 aliphatic heterocycles. The summed E-state index contributed by atoms with van der Waals surface area (Å²) in [6.07, 6.45) is 3.71. The van der Waals surface area contributed by atoms with Crippen molar-refractivity contribution in [2.45, 2.75) is 19.8 Å². The van der Waals surface area contributed by atoms with Crippen molar-refractivity contribution < 1.29 is 18.8 Å². The molecule has 0 aliphatic carbocycles. The summed E-state index contributed by atoms with van der Waals surface area (Å²) < 4.78 is 21.0. The number of anilines is 1. The Morgan fingerprint density at radius 3 is 2.96 bits per heavy atom. The first-order valence-corrected chi connectivity index (χ1v) is 9.20. The highest BCUT2D eigenvalue weighted by Gasteiger charge is 2.11. The standard InChI is InChI=1S/C19H20ClFN4O3/c1-3-17(26)28-25-9-7-13-11-14(5-6-16(13)25)27-10-4-8-24(2)18-15(21)12-22-19(20)23-18/h5-7,9,11-12H,3-4,8,10H2,1-2H3. The van der Waals surface area contributed by atoms with E-state index in [1.165, 1.54) is 4.73 Å². The van der Waals surface area contributed by atoms with E-state index in [9.17, 15) is 9.18 Å². The van der Waals surface area contributed by atoms with Gasteiger partial charge in [-0.15, -0.1) is 0 Å². The van der Waals surface area contributed by atoms with Crippen molar-refractivity contribution in [3.8, 4) is 5.75 Å². The highest BCUT2D eigenvalue weighted by molar-refractivity contribution is 6.28. The first-order chi connectivity index (χ1) is 13.5. The first-order valence-electron chi connectivity index (χ1n) is 8.82. The molecule has 28 heavy (non-hydrogen) atoms. The monoisotopic (exact) mass is 406 g/mol. The van der Waals surface area contributed by atoms with Gasteiger partial charge in [0, 0.05) is 31.6 Å². The maximum Gasteiger partial charge on any atom is 0.332 e. The Kier molecular flexibility index (Phi) is 6.30. The predicted octanol–water partition coefficient (Wildman–Crippen LogP) is 3.49. The van der Waals surface area contributed by atoms with E-state index in [4.69, 9.17) is 21.2 Å². The lowest BCUT2D eigenvalue weighted by Crippen LogP contribution is -2.22. The normalized spacial score (nSPS) is 10.9. The van der Waals surface area contributed by atoms with Crippen molar-refractivity contribution >= 4 is 34.3 Å². The molecule has 3 rings (SSSR count). The van der Waals surface area contributed by atoms with Crippen molar-refractivity contribution in [1.29, 1.82) is 0 Å². The molecule has 0 N–H and O–H groups in total. The summed E-state index contributed by atoms with van der Waals surface area (Å²) in [4.78, 5) is 25.8. The van der Waals surface area contributed by atoms with Gasteiger partial charge in [0.15, 0.2) is 11.6 Å². The van der Waals surface area contributed by atoms with Gasteiger partial charge in [-0.05, 0) is 42.3 Å². The lowest BCUT2D eigenvalue weighted by atomic mass is 10.2. The number of hydrogen-bond donors (Lipinski definition) is 0. The van der Waals surface area contributed by atoms with Gasteiger partial charge in [0.05, 0.1) is 18.3 Å². The molecule has 2 aromatic heterocycles. The number of aromatic nitrogens is 3. The molecule has 0 bridgehead atoms. The SMILES string of the molecule is CCC(=O)On1ccc2cc(OCCCN(C)c3nc(Cl)ncc3F)ccc21. The number of rotatable bonds is 8. The molecule has 0 unspecified atom stereocenters. The zero-order chi connectivity index (χ0) is 20.1. The van der Waals surface area contributed by atoms with Gasteiger partial charge in [0.1, 0.15) is 5.75 Å². The second-order valence-corrected chi connectivity index (χ2v) is 6.45. The molecule has 1 aromatic carbocycles. The minimum atomic E-state index is -0.522. The van der Waals surface area contributed by atoms with Gasteiger partial charge in [0.25, 0.3) is 0 Å². The van der Waals surface area contributed by atoms with E-state index < -0.39 is 5.82 Å². The molecule has 148 valence electrons. The molecule has 0 atom stereocenters. The van der Waals surface area contributed by atoms with Gasteiger partial charge >= 0.3 is 5.97 Å². The molecule has 3 aromatic rings. The van der Waals surface area contributed by atoms with Crippen LogP contribution in [0, 0.1) is 5.82 Å². The number of carbonyl (C=O) groups excluding carboxylic acids is 1. The summed E-state index contributed by atoms with van der Waals surface area (Å²) in [6.45, 7) is 2.72. The van der Waals surface area contributed by atoms with Crippen LogP contribution in [-0.2, 0) is 4.79 Å². The summed E-state index contributed by atoms with van der Waals surface area (Å²) in [5, 5.41) is 0.903. The molecule has 0 saturated carbocycles. The van der Waals surface area contributed by atoms with E-state index in [1.807, 2.05) is 24.3 Å². The smallest absolute Gasteiger partial charge is 0.332 e. The van der Waals surface area contributed by atoms with Crippen LogP contribution in [-0.4, -0.2) is 40.9 Å². The Labute approximate surface area is 166 Å². The van der Waals surface area contributed by atoms with Crippen LogP contribution in [0.15, 0.2) is 36.7 Å². The van der Waals surface area contributed by atoms with Gasteiger partial charge in [0.2, 0.25) is 5.28 Å². The third-order valence-corrected chi connectivity index (χ3v) is 4.26. The van der Waals surface area contributed by atoms with E-state index in [-0.39, 0.29) is 17.1 Å². The Bertz CT molecular complexity index is 979. The van der Waals surface area contributed by atoms with Crippen LogP contribution >= 0.6 is 11.6 Å². The number of ether oxygens (including phenoxy) is 1. The molecular formula is C19H20ClFN4O3. The zero-order valence-corrected chi connectivity index (χ0v) is 16.3. The summed E-state index contributed by atoms with van der Waals surface area (Å²) in [7, 11) is 1.73. The Morgan fingerprint density at radius 1 is 1.36 bits per heavy atom. The second kappa shape index (κ2) is 8.88. The van der Waals surface area contributed by atoms with Gasteiger partial charge < -0.3 is 14.5 Å². The summed E-state index contributed by atoms with van der Waals surface area (Å²) in [6, 6.07) is 7.36. The Balaban J connectivity index is 1.54. The van der Waals surface area contributed by atoms with E-state index in [2.05, 4.69) is 9.97 Å². The fourth-order valence-corrected chi connectivity index (χ4v) is 2.77. The maximum absolute atomic E-state index is 13.8. The fraction of sp³-hybridized carbons (Fsp3) is 0.316. The lowest BCUT2D eigenvalue weighted by Gasteiger charge is -2.18. The molecular weight excluding hydrogens is 387 g/mol. The van der Waals surface area contributed by atoms with E-state index in [1.54, 1.807) is 25.1 Å². The number of benzene rings is 1. The van der Waals surface area contributed by atoms with Gasteiger partial charge in [-0.3, -0.25) is 0 Å². The molecule has 9 heteroatoms. The molecule has 7 nitrogen and oxygen atoms in total. The van der Waals surface area contributed by atoms with Crippen molar-refractivity contribution in [3.05, 3.63) is 47.8 Å². The topological polar surface area (TPSA) is 69.5 Å². The van der Waals surface area contributed by atoms with Crippen LogP contribution in [0.25, 0.3) is 10.9 Å². The molecule has 0 spiro atoms. The minimum absolute atomic E-state index is 0.00403. The molecule has 0 saturated heterocycles. The van der Waals surface area contributed by atoms with Crippen LogP contribution in [0.3, 0.4) is 0 Å². The van der Waals surface area contributed by atoms with E-state index in [0.717, 1.165) is 17.1 Å². The number of fused-ring (bicyclic) bond motifs is 1. The van der Waals surface area contributed by atoms with Crippen LogP contribution in [0.2, 0.25) is 5.28 Å². The molecule has 0 fully saturated rings. The molecule has 0 aliphatic rings. The van der Waals surface area contributed by atoms with Crippen LogP contribution in [0.5, 0.6) is 5.75 Å². The average Bonchev–Trinajstić information content (AvgIpc) is 3.08. The Morgan fingerprint density at radius 2 is 2.18 bits per heavy atom. The minimum Gasteiger partial charge on any atom is -0.494 e. The number of carbonyl (C=O) groups is 1. The van der Waals surface area contributed by atoms with E-state index >= 15 is 0 Å². The second-order valence-electron chi connectivity index (χ2n) is 6.11. The average molecular weight is 407 g/mol. The maximum atomic E-state index is 13.8. The summed E-state index contributed by atoms with van der Waals surface area (Å²) >= 11 is 5.72. The van der Waals surface area contributed by atoms with Gasteiger partial charge in [-0.2, -0.15) is 9.71 Å². The van der Waals surface area contributed by atoms with Crippen LogP contribution in [0.1, 0.15) is 19.8 Å². The van der Waals surface area contributed by atoms with Crippen molar-refractivity contribution in [2.24, 2.45) is 0 Å². The number of halogens is 2. The largest absolute Gasteiger partial charge is 0.494 e. The first kappa shape index (κ1) is 19.9. The van der Waals surface area contributed by atoms with Crippen molar-refractivity contribution in [2.75, 3.05) is 25.1 Å². The quantitative estimate of drug-likeness (QED) is 0.421. The predicted molar refractivity (Wildman–Crippen MR) is 104 cm³/mol. The lowest BCUT2D eigenvalue weighted by molar-refractivity contribution is -0.143. The van der Waals surface area contributed by atoms with Gasteiger partial charge in [-0.25, -0.2) is 14.2 Å². The van der Waals surface area contributed by atoms with Crippen LogP contribution in [0.4, 0.5) is 10.2 Å². The highest BCUT2D eigenvalue weighted by atomic mass is 35.5. The third kappa shape index (κ3) is 4.69. The summed E-state index contributed by atoms with van der Waals surface area (Å²) in [5.41, 5.74) is 0.782. The van der Waals surface area contributed by atoms with Crippen molar-refractivity contribution in [3.63, 3.8) is 0 Å². The molecule has 0 amide bonds. The third-order valence-electron chi connectivity index (χ3n) is 4.08. The number of nitrogens with zero attached hydrogens (tertiary/aromatic N) is 4. The zero-order valence-electron chi connectivity index (χ0n) is 15.6. The van der Waals surface area contributed by atoms with Gasteiger partial charge in [-0.1, -0.05) is 6.92 Å². The number of hydrogen-bond acceptors (Lipinski definition) is 6. The van der Waals surface area contributed by atoms with Crippen molar-refractivity contribution in [1.82, 2.24) is 14.7 Å².